The van der Waals surface area contributed by atoms with Gasteiger partial charge in [-0.25, -0.2) is 0 Å². The van der Waals surface area contributed by atoms with E-state index in [1.165, 1.54) is 119 Å². The molecule has 1 unspecified atom stereocenters. The third-order valence-corrected chi connectivity index (χ3v) is 15.2. The van der Waals surface area contributed by atoms with Crippen molar-refractivity contribution in [3.8, 4) is 16.8 Å². The first-order valence-corrected chi connectivity index (χ1v) is 22.0. The van der Waals surface area contributed by atoms with Crippen molar-refractivity contribution in [3.05, 3.63) is 187 Å². The van der Waals surface area contributed by atoms with Crippen molar-refractivity contribution < 1.29 is 0 Å². The molecule has 0 amide bonds. The van der Waals surface area contributed by atoms with Gasteiger partial charge in [-0.05, 0) is 121 Å². The van der Waals surface area contributed by atoms with Gasteiger partial charge in [0.15, 0.2) is 0 Å². The molecule has 3 aliphatic rings. The quantitative estimate of drug-likeness (QED) is 0.158. The van der Waals surface area contributed by atoms with Gasteiger partial charge in [0.1, 0.15) is 0 Å². The van der Waals surface area contributed by atoms with Crippen LogP contribution in [0.2, 0.25) is 0 Å². The molecule has 13 rings (SSSR count). The van der Waals surface area contributed by atoms with Crippen molar-refractivity contribution in [1.29, 1.82) is 0 Å². The first kappa shape index (κ1) is 33.5. The van der Waals surface area contributed by atoms with E-state index in [1.54, 1.807) is 0 Å². The molecule has 8 aromatic carbocycles. The van der Waals surface area contributed by atoms with Gasteiger partial charge >= 0.3 is 0 Å². The first-order valence-electron chi connectivity index (χ1n) is 21.2. The van der Waals surface area contributed by atoms with Gasteiger partial charge in [-0.1, -0.05) is 153 Å². The number of allylic oxidation sites excluding steroid dienone is 8. The Hall–Kier alpha value is -6.48. The van der Waals surface area contributed by atoms with E-state index in [1.807, 2.05) is 11.3 Å². The molecule has 0 bridgehead atoms. The van der Waals surface area contributed by atoms with Crippen LogP contribution in [0.15, 0.2) is 170 Å². The van der Waals surface area contributed by atoms with Crippen LogP contribution in [-0.2, 0) is 5.41 Å². The molecule has 3 aliphatic carbocycles. The molecule has 0 N–H and O–H groups in total. The van der Waals surface area contributed by atoms with Gasteiger partial charge in [-0.3, -0.25) is 0 Å². The van der Waals surface area contributed by atoms with Crippen molar-refractivity contribution in [2.24, 2.45) is 5.92 Å². The molecular weight excluding hydrogens is 731 g/mol. The highest BCUT2D eigenvalue weighted by molar-refractivity contribution is 7.27. The zero-order valence-electron chi connectivity index (χ0n) is 33.2. The Morgan fingerprint density at radius 2 is 1.22 bits per heavy atom. The van der Waals surface area contributed by atoms with Crippen LogP contribution >= 0.6 is 11.3 Å². The summed E-state index contributed by atoms with van der Waals surface area (Å²) in [6, 6.07) is 51.1. The Morgan fingerprint density at radius 3 is 1.98 bits per heavy atom. The Kier molecular flexibility index (Phi) is 6.96. The summed E-state index contributed by atoms with van der Waals surface area (Å²) in [7, 11) is 0. The van der Waals surface area contributed by atoms with Crippen LogP contribution in [0.5, 0.6) is 0 Å². The average molecular weight is 772 g/mol. The smallest absolute Gasteiger partial charge is 0.0634 e. The molecule has 0 radical (unpaired) electrons. The fourth-order valence-corrected chi connectivity index (χ4v) is 12.5. The van der Waals surface area contributed by atoms with E-state index in [2.05, 4.69) is 188 Å². The number of benzene rings is 8. The van der Waals surface area contributed by atoms with Gasteiger partial charge in [-0.15, -0.1) is 11.3 Å². The topological polar surface area (TPSA) is 4.93 Å². The summed E-state index contributed by atoms with van der Waals surface area (Å²) in [4.78, 5) is 0. The zero-order valence-corrected chi connectivity index (χ0v) is 34.0. The predicted molar refractivity (Wildman–Crippen MR) is 256 cm³/mol. The number of thiophene rings is 1. The highest BCUT2D eigenvalue weighted by Crippen LogP contribution is 2.55. The fraction of sp³-hybridized carbons (Fsp3) is 0.123. The van der Waals surface area contributed by atoms with Crippen LogP contribution in [0.1, 0.15) is 49.8 Å². The van der Waals surface area contributed by atoms with E-state index in [4.69, 9.17) is 0 Å². The predicted octanol–water partition coefficient (Wildman–Crippen LogP) is 16.3. The largest absolute Gasteiger partial charge is 0.308 e. The summed E-state index contributed by atoms with van der Waals surface area (Å²) in [6.07, 6.45) is 17.2. The van der Waals surface area contributed by atoms with Gasteiger partial charge in [0.25, 0.3) is 0 Å². The average Bonchev–Trinajstić information content (AvgIpc) is 3.93. The molecule has 2 heteroatoms. The Bertz CT molecular complexity index is 3600. The molecule has 0 spiro atoms. The lowest BCUT2D eigenvalue weighted by molar-refractivity contribution is 0.415. The second-order valence-electron chi connectivity index (χ2n) is 17.4. The van der Waals surface area contributed by atoms with Crippen LogP contribution < -0.4 is 0 Å². The number of aromatic nitrogens is 1. The van der Waals surface area contributed by atoms with Gasteiger partial charge in [-0.2, -0.15) is 0 Å². The molecule has 2 aromatic heterocycles. The molecule has 0 saturated heterocycles. The van der Waals surface area contributed by atoms with E-state index in [0.717, 1.165) is 19.3 Å². The first-order chi connectivity index (χ1) is 29.0. The van der Waals surface area contributed by atoms with Gasteiger partial charge < -0.3 is 4.57 Å². The lowest BCUT2D eigenvalue weighted by Crippen LogP contribution is -2.23. The summed E-state index contributed by atoms with van der Waals surface area (Å²) in [6.45, 7) is 4.88. The van der Waals surface area contributed by atoms with Gasteiger partial charge in [0.2, 0.25) is 0 Å². The number of hydrogen-bond donors (Lipinski definition) is 0. The molecule has 0 saturated carbocycles. The second-order valence-corrected chi connectivity index (χ2v) is 18.5. The minimum Gasteiger partial charge on any atom is -0.308 e. The molecule has 10 aromatic rings. The van der Waals surface area contributed by atoms with Crippen LogP contribution in [0.25, 0.3) is 102 Å². The maximum atomic E-state index is 2.60. The minimum absolute atomic E-state index is 0.0919. The normalized spacial score (nSPS) is 17.2. The molecule has 2 heterocycles. The van der Waals surface area contributed by atoms with Crippen molar-refractivity contribution in [3.63, 3.8) is 0 Å². The maximum absolute atomic E-state index is 2.60. The van der Waals surface area contributed by atoms with Crippen LogP contribution in [0, 0.1) is 5.92 Å². The maximum Gasteiger partial charge on any atom is 0.0634 e. The van der Waals surface area contributed by atoms with Crippen molar-refractivity contribution >= 4 is 96.8 Å². The summed E-state index contributed by atoms with van der Waals surface area (Å²) in [5.74, 6) is 0.537. The summed E-state index contributed by atoms with van der Waals surface area (Å²) >= 11 is 1.96. The molecule has 0 fully saturated rings. The van der Waals surface area contributed by atoms with E-state index < -0.39 is 0 Å². The van der Waals surface area contributed by atoms with Crippen LogP contribution in [-0.4, -0.2) is 4.57 Å². The highest BCUT2D eigenvalue weighted by atomic mass is 32.1. The van der Waals surface area contributed by atoms with E-state index in [9.17, 15) is 0 Å². The number of fused-ring (bicyclic) bond motifs is 18. The summed E-state index contributed by atoms with van der Waals surface area (Å²) in [5, 5.41) is 13.2. The second kappa shape index (κ2) is 12.3. The molecule has 280 valence electrons. The van der Waals surface area contributed by atoms with E-state index in [-0.39, 0.29) is 5.41 Å². The lowest BCUT2D eigenvalue weighted by atomic mass is 9.74. The Morgan fingerprint density at radius 1 is 0.576 bits per heavy atom. The fourth-order valence-electron chi connectivity index (χ4n) is 11.2. The number of hydrogen-bond acceptors (Lipinski definition) is 1. The van der Waals surface area contributed by atoms with E-state index >= 15 is 0 Å². The van der Waals surface area contributed by atoms with Crippen molar-refractivity contribution in [2.75, 3.05) is 0 Å². The minimum atomic E-state index is 0.0919. The molecule has 0 aliphatic heterocycles. The standard InChI is InChI=1S/C57H41NS/c1-57(2)48-23-13-12-18-41(48)42-30-26-37(33-49(42)57)36-27-31-50-47(32-36)51-44-20-9-11-22-46(44)55-53(56(51)59-50)52-43-19-8-6-16-39(43)40-17-7-10-21-45(40)54(52)58(55)38-28-24-35(25-29-38)34-14-4-3-5-15-34/h4,6-22,24-33,48H,3,5,23H2,1-2H3. The van der Waals surface area contributed by atoms with Crippen molar-refractivity contribution in [1.82, 2.24) is 4.57 Å². The van der Waals surface area contributed by atoms with E-state index in [0.29, 0.717) is 5.92 Å². The molecular formula is C57H41NS. The third-order valence-electron chi connectivity index (χ3n) is 14.0. The van der Waals surface area contributed by atoms with Gasteiger partial charge in [0.05, 0.1) is 11.0 Å². The monoisotopic (exact) mass is 771 g/mol. The Balaban J connectivity index is 1.14. The van der Waals surface area contributed by atoms with Crippen LogP contribution in [0.3, 0.4) is 0 Å². The SMILES string of the molecule is CC1(C)c2cc(-c3ccc4sc5c(c4c3)c3ccccc3c3c5c4c5ccccc5c5ccccc5c4n3-c3ccc(C4=CCCC=C4)cc3)ccc2C2=CC=CCC21. The molecule has 59 heavy (non-hydrogen) atoms. The third kappa shape index (κ3) is 4.61. The highest BCUT2D eigenvalue weighted by Gasteiger charge is 2.42. The number of nitrogens with zero attached hydrogens (tertiary/aromatic N) is 1. The molecule has 1 atom stereocenters. The zero-order chi connectivity index (χ0) is 39.0. The molecule has 1 nitrogen and oxygen atoms in total. The van der Waals surface area contributed by atoms with Gasteiger partial charge in [0, 0.05) is 47.4 Å². The lowest BCUT2D eigenvalue weighted by Gasteiger charge is -2.29. The van der Waals surface area contributed by atoms with Crippen molar-refractivity contribution in [2.45, 2.75) is 38.5 Å². The summed E-state index contributed by atoms with van der Waals surface area (Å²) in [5.41, 5.74) is 13.4. The Labute approximate surface area is 347 Å². The number of rotatable bonds is 3. The summed E-state index contributed by atoms with van der Waals surface area (Å²) < 4.78 is 5.29. The van der Waals surface area contributed by atoms with Crippen LogP contribution in [0.4, 0.5) is 0 Å².